The third-order valence-electron chi connectivity index (χ3n) is 3.27. The van der Waals surface area contributed by atoms with Crippen molar-refractivity contribution in [1.29, 1.82) is 0 Å². The Balaban J connectivity index is 1.78. The van der Waals surface area contributed by atoms with Gasteiger partial charge >= 0.3 is 0 Å². The van der Waals surface area contributed by atoms with Crippen LogP contribution < -0.4 is 0 Å². The monoisotopic (exact) mass is 294 g/mol. The highest BCUT2D eigenvalue weighted by Crippen LogP contribution is 2.27. The highest BCUT2D eigenvalue weighted by Gasteiger charge is 2.13. The molecule has 0 amide bonds. The number of pyridine rings is 1. The highest BCUT2D eigenvalue weighted by molar-refractivity contribution is 7.16. The number of fused-ring (bicyclic) bond motifs is 1. The highest BCUT2D eigenvalue weighted by atomic mass is 32.1. The maximum absolute atomic E-state index is 5.39. The van der Waals surface area contributed by atoms with Crippen LogP contribution >= 0.6 is 11.3 Å². The van der Waals surface area contributed by atoms with Crippen LogP contribution in [0.25, 0.3) is 33.1 Å². The lowest BCUT2D eigenvalue weighted by Gasteiger charge is -1.97. The molecule has 6 heteroatoms. The number of hydrogen-bond acceptors (Lipinski definition) is 6. The van der Waals surface area contributed by atoms with Crippen molar-refractivity contribution in [3.8, 4) is 22.8 Å². The second-order valence-corrected chi connectivity index (χ2v) is 5.53. The molecular weight excluding hydrogens is 284 g/mol. The van der Waals surface area contributed by atoms with Gasteiger partial charge in [0.25, 0.3) is 5.89 Å². The lowest BCUT2D eigenvalue weighted by molar-refractivity contribution is 0.432. The fraction of sp³-hybridized carbons (Fsp3) is 0.0667. The molecule has 0 N–H and O–H groups in total. The fourth-order valence-corrected chi connectivity index (χ4v) is 2.88. The van der Waals surface area contributed by atoms with E-state index in [0.29, 0.717) is 11.7 Å². The van der Waals surface area contributed by atoms with Crippen LogP contribution in [-0.2, 0) is 0 Å². The van der Waals surface area contributed by atoms with Crippen LogP contribution in [0.3, 0.4) is 0 Å². The number of thiazole rings is 1. The molecule has 3 heterocycles. The Bertz CT molecular complexity index is 928. The Hall–Kier alpha value is -2.60. The molecule has 0 bridgehead atoms. The molecule has 3 aromatic heterocycles. The van der Waals surface area contributed by atoms with Crippen LogP contribution in [0.4, 0.5) is 0 Å². The molecule has 102 valence electrons. The number of aryl methyl sites for hydroxylation is 1. The Morgan fingerprint density at radius 3 is 3.05 bits per heavy atom. The third-order valence-corrected chi connectivity index (χ3v) is 4.06. The first-order valence-corrected chi connectivity index (χ1v) is 7.27. The molecule has 0 radical (unpaired) electrons. The molecule has 0 aliphatic carbocycles. The SMILES string of the molecule is Cc1cnccc1-c1noc(-c2ccc3ncsc3c2)n1. The molecule has 4 aromatic rings. The summed E-state index contributed by atoms with van der Waals surface area (Å²) in [5.41, 5.74) is 5.65. The van der Waals surface area contributed by atoms with E-state index < -0.39 is 0 Å². The summed E-state index contributed by atoms with van der Waals surface area (Å²) in [6.45, 7) is 1.97. The van der Waals surface area contributed by atoms with Crippen molar-refractivity contribution in [2.75, 3.05) is 0 Å². The zero-order chi connectivity index (χ0) is 14.2. The minimum absolute atomic E-state index is 0.511. The summed E-state index contributed by atoms with van der Waals surface area (Å²) in [7, 11) is 0. The predicted octanol–water partition coefficient (Wildman–Crippen LogP) is 3.72. The van der Waals surface area contributed by atoms with E-state index in [9.17, 15) is 0 Å². The predicted molar refractivity (Wildman–Crippen MR) is 80.9 cm³/mol. The van der Waals surface area contributed by atoms with Crippen molar-refractivity contribution >= 4 is 21.6 Å². The van der Waals surface area contributed by atoms with E-state index in [1.54, 1.807) is 23.7 Å². The van der Waals surface area contributed by atoms with Gasteiger partial charge in [-0.05, 0) is 36.8 Å². The summed E-state index contributed by atoms with van der Waals surface area (Å²) in [5, 5.41) is 4.07. The Morgan fingerprint density at radius 1 is 1.19 bits per heavy atom. The molecule has 21 heavy (non-hydrogen) atoms. The Kier molecular flexibility index (Phi) is 2.75. The summed E-state index contributed by atoms with van der Waals surface area (Å²) >= 11 is 1.59. The number of hydrogen-bond donors (Lipinski definition) is 0. The topological polar surface area (TPSA) is 64.7 Å². The molecule has 0 unspecified atom stereocenters. The minimum Gasteiger partial charge on any atom is -0.334 e. The normalized spacial score (nSPS) is 11.1. The quantitative estimate of drug-likeness (QED) is 0.564. The molecule has 0 aliphatic rings. The van der Waals surface area contributed by atoms with Crippen LogP contribution in [-0.4, -0.2) is 20.1 Å². The molecule has 1 aromatic carbocycles. The molecule has 0 fully saturated rings. The summed E-state index contributed by atoms with van der Waals surface area (Å²) in [6, 6.07) is 7.81. The van der Waals surface area contributed by atoms with Crippen LogP contribution in [0, 0.1) is 6.92 Å². The van der Waals surface area contributed by atoms with Crippen molar-refractivity contribution in [3.05, 3.63) is 47.7 Å². The maximum Gasteiger partial charge on any atom is 0.258 e. The average molecular weight is 294 g/mol. The smallest absolute Gasteiger partial charge is 0.258 e. The van der Waals surface area contributed by atoms with Crippen LogP contribution in [0.2, 0.25) is 0 Å². The first-order chi connectivity index (χ1) is 10.3. The van der Waals surface area contributed by atoms with Gasteiger partial charge < -0.3 is 4.52 Å². The lowest BCUT2D eigenvalue weighted by atomic mass is 10.1. The van der Waals surface area contributed by atoms with Gasteiger partial charge in [-0.2, -0.15) is 4.98 Å². The van der Waals surface area contributed by atoms with Crippen molar-refractivity contribution in [3.63, 3.8) is 0 Å². The summed E-state index contributed by atoms with van der Waals surface area (Å²) in [6.07, 6.45) is 3.51. The Morgan fingerprint density at radius 2 is 2.14 bits per heavy atom. The number of rotatable bonds is 2. The fourth-order valence-electron chi connectivity index (χ4n) is 2.16. The first kappa shape index (κ1) is 12.2. The molecule has 4 rings (SSSR count). The number of aromatic nitrogens is 4. The van der Waals surface area contributed by atoms with E-state index >= 15 is 0 Å². The van der Waals surface area contributed by atoms with Crippen molar-refractivity contribution in [2.45, 2.75) is 6.92 Å². The van der Waals surface area contributed by atoms with Crippen molar-refractivity contribution < 1.29 is 4.52 Å². The van der Waals surface area contributed by atoms with Crippen LogP contribution in [0.15, 0.2) is 46.7 Å². The van der Waals surface area contributed by atoms with Gasteiger partial charge in [-0.1, -0.05) is 5.16 Å². The Labute approximate surface area is 124 Å². The number of benzene rings is 1. The van der Waals surface area contributed by atoms with E-state index in [2.05, 4.69) is 20.1 Å². The van der Waals surface area contributed by atoms with Crippen LogP contribution in [0.5, 0.6) is 0 Å². The van der Waals surface area contributed by atoms with E-state index in [4.69, 9.17) is 4.52 Å². The molecule has 0 atom stereocenters. The van der Waals surface area contributed by atoms with E-state index in [0.717, 1.165) is 26.9 Å². The van der Waals surface area contributed by atoms with Gasteiger partial charge in [0.05, 0.1) is 15.7 Å². The van der Waals surface area contributed by atoms with E-state index in [-0.39, 0.29) is 0 Å². The largest absolute Gasteiger partial charge is 0.334 e. The van der Waals surface area contributed by atoms with Crippen molar-refractivity contribution in [1.82, 2.24) is 20.1 Å². The first-order valence-electron chi connectivity index (χ1n) is 6.39. The van der Waals surface area contributed by atoms with Gasteiger partial charge in [0.15, 0.2) is 0 Å². The summed E-state index contributed by atoms with van der Waals surface area (Å²) in [4.78, 5) is 12.8. The second-order valence-electron chi connectivity index (χ2n) is 4.65. The standard InChI is InChI=1S/C15H10N4OS/c1-9-7-16-5-4-11(9)14-18-15(20-19-14)10-2-3-12-13(6-10)21-8-17-12/h2-8H,1H3. The number of nitrogens with zero attached hydrogens (tertiary/aromatic N) is 4. The average Bonchev–Trinajstić information content (AvgIpc) is 3.16. The summed E-state index contributed by atoms with van der Waals surface area (Å²) in [5.74, 6) is 1.09. The van der Waals surface area contributed by atoms with Gasteiger partial charge in [0.2, 0.25) is 5.82 Å². The molecule has 5 nitrogen and oxygen atoms in total. The zero-order valence-corrected chi connectivity index (χ0v) is 12.0. The van der Waals surface area contributed by atoms with Gasteiger partial charge in [-0.15, -0.1) is 11.3 Å². The molecule has 0 saturated carbocycles. The summed E-state index contributed by atoms with van der Waals surface area (Å²) < 4.78 is 6.49. The molecule has 0 spiro atoms. The van der Waals surface area contributed by atoms with Gasteiger partial charge in [0, 0.05) is 23.5 Å². The van der Waals surface area contributed by atoms with Gasteiger partial charge in [-0.3, -0.25) is 4.98 Å². The molecular formula is C15H10N4OS. The van der Waals surface area contributed by atoms with Crippen molar-refractivity contribution in [2.24, 2.45) is 0 Å². The third kappa shape index (κ3) is 2.09. The van der Waals surface area contributed by atoms with E-state index in [1.165, 1.54) is 0 Å². The molecule has 0 saturated heterocycles. The van der Waals surface area contributed by atoms with Gasteiger partial charge in [-0.25, -0.2) is 4.98 Å². The minimum atomic E-state index is 0.511. The van der Waals surface area contributed by atoms with Gasteiger partial charge in [0.1, 0.15) is 0 Å². The second kappa shape index (κ2) is 4.75. The molecule has 0 aliphatic heterocycles. The maximum atomic E-state index is 5.39. The van der Waals surface area contributed by atoms with E-state index in [1.807, 2.05) is 36.7 Å². The lowest BCUT2D eigenvalue weighted by Crippen LogP contribution is -1.86. The van der Waals surface area contributed by atoms with Crippen LogP contribution in [0.1, 0.15) is 5.56 Å². The zero-order valence-electron chi connectivity index (χ0n) is 11.1.